The highest BCUT2D eigenvalue weighted by molar-refractivity contribution is 5.75. The number of nitrogens with zero attached hydrogens (tertiary/aromatic N) is 2. The lowest BCUT2D eigenvalue weighted by Gasteiger charge is -2.21. The third-order valence-corrected chi connectivity index (χ3v) is 2.36. The number of carbonyl (C=O) groups is 1. The van der Waals surface area contributed by atoms with Gasteiger partial charge in [-0.15, -0.1) is 0 Å². The van der Waals surface area contributed by atoms with Crippen molar-refractivity contribution in [2.75, 3.05) is 13.6 Å². The quantitative estimate of drug-likeness (QED) is 0.809. The summed E-state index contributed by atoms with van der Waals surface area (Å²) in [6, 6.07) is 0. The molecule has 0 aliphatic rings. The van der Waals surface area contributed by atoms with E-state index in [9.17, 15) is 4.79 Å². The fourth-order valence-corrected chi connectivity index (χ4v) is 1.43. The van der Waals surface area contributed by atoms with Gasteiger partial charge in [0.15, 0.2) is 0 Å². The molecule has 0 atom stereocenters. The van der Waals surface area contributed by atoms with E-state index in [0.29, 0.717) is 19.5 Å². The van der Waals surface area contributed by atoms with Gasteiger partial charge in [-0.05, 0) is 20.8 Å². The number of amides is 1. The van der Waals surface area contributed by atoms with Gasteiger partial charge in [0.25, 0.3) is 0 Å². The summed E-state index contributed by atoms with van der Waals surface area (Å²) in [5.41, 5.74) is 0.0554. The Labute approximate surface area is 103 Å². The van der Waals surface area contributed by atoms with Crippen LogP contribution in [-0.4, -0.2) is 39.9 Å². The van der Waals surface area contributed by atoms with Crippen LogP contribution in [0.3, 0.4) is 0 Å². The highest BCUT2D eigenvalue weighted by Gasteiger charge is 2.12. The lowest BCUT2D eigenvalue weighted by molar-refractivity contribution is -0.130. The highest BCUT2D eigenvalue weighted by Crippen LogP contribution is 2.01. The molecule has 0 aromatic carbocycles. The first-order chi connectivity index (χ1) is 7.88. The zero-order valence-electron chi connectivity index (χ0n) is 11.1. The van der Waals surface area contributed by atoms with Crippen LogP contribution in [-0.2, 0) is 11.3 Å². The number of aromatic nitrogens is 2. The molecule has 0 fully saturated rings. The second-order valence-corrected chi connectivity index (χ2v) is 5.21. The molecule has 0 spiro atoms. The standard InChI is InChI=1S/C12H22N4O/c1-12(2,3)15-6-5-11(17)16(4)9-10-13-7-8-14-10/h7-8,15H,5-6,9H2,1-4H3,(H,13,14). The number of hydrogen-bond donors (Lipinski definition) is 2. The van der Waals surface area contributed by atoms with E-state index in [4.69, 9.17) is 0 Å². The second-order valence-electron chi connectivity index (χ2n) is 5.21. The molecule has 0 saturated heterocycles. The average molecular weight is 238 g/mol. The molecule has 5 nitrogen and oxygen atoms in total. The molecule has 1 aromatic rings. The predicted molar refractivity (Wildman–Crippen MR) is 67.4 cm³/mol. The molecule has 1 aromatic heterocycles. The van der Waals surface area contributed by atoms with Crippen LogP contribution in [0.5, 0.6) is 0 Å². The van der Waals surface area contributed by atoms with Crippen molar-refractivity contribution in [1.82, 2.24) is 20.2 Å². The Morgan fingerprint density at radius 3 is 2.76 bits per heavy atom. The van der Waals surface area contributed by atoms with Crippen LogP contribution < -0.4 is 5.32 Å². The number of hydrogen-bond acceptors (Lipinski definition) is 3. The van der Waals surface area contributed by atoms with Gasteiger partial charge in [0, 0.05) is 37.9 Å². The van der Waals surface area contributed by atoms with Gasteiger partial charge in [-0.3, -0.25) is 4.79 Å². The van der Waals surface area contributed by atoms with Crippen LogP contribution >= 0.6 is 0 Å². The number of nitrogens with one attached hydrogen (secondary N) is 2. The zero-order chi connectivity index (χ0) is 12.9. The summed E-state index contributed by atoms with van der Waals surface area (Å²) < 4.78 is 0. The molecule has 1 rings (SSSR count). The van der Waals surface area contributed by atoms with Crippen molar-refractivity contribution in [3.63, 3.8) is 0 Å². The van der Waals surface area contributed by atoms with E-state index in [2.05, 4.69) is 36.1 Å². The van der Waals surface area contributed by atoms with Crippen LogP contribution in [0, 0.1) is 0 Å². The van der Waals surface area contributed by atoms with Crippen LogP contribution in [0.2, 0.25) is 0 Å². The van der Waals surface area contributed by atoms with Crippen molar-refractivity contribution in [3.8, 4) is 0 Å². The van der Waals surface area contributed by atoms with E-state index in [-0.39, 0.29) is 11.4 Å². The van der Waals surface area contributed by atoms with Crippen molar-refractivity contribution in [2.24, 2.45) is 0 Å². The largest absolute Gasteiger partial charge is 0.347 e. The van der Waals surface area contributed by atoms with Gasteiger partial charge in [-0.25, -0.2) is 4.98 Å². The Kier molecular flexibility index (Phi) is 4.69. The lowest BCUT2D eigenvalue weighted by Crippen LogP contribution is -2.38. The molecule has 0 saturated carbocycles. The summed E-state index contributed by atoms with van der Waals surface area (Å²) in [5.74, 6) is 0.933. The van der Waals surface area contributed by atoms with Crippen molar-refractivity contribution in [1.29, 1.82) is 0 Å². The Morgan fingerprint density at radius 1 is 1.53 bits per heavy atom. The Bertz CT molecular complexity index is 340. The fraction of sp³-hybridized carbons (Fsp3) is 0.667. The smallest absolute Gasteiger partial charge is 0.223 e. The van der Waals surface area contributed by atoms with Crippen molar-refractivity contribution >= 4 is 5.91 Å². The van der Waals surface area contributed by atoms with Gasteiger partial charge < -0.3 is 15.2 Å². The van der Waals surface area contributed by atoms with Crippen LogP contribution in [0.25, 0.3) is 0 Å². The Hall–Kier alpha value is -1.36. The van der Waals surface area contributed by atoms with Crippen LogP contribution in [0.4, 0.5) is 0 Å². The maximum atomic E-state index is 11.8. The van der Waals surface area contributed by atoms with Gasteiger partial charge in [0.1, 0.15) is 5.82 Å². The summed E-state index contributed by atoms with van der Waals surface area (Å²) >= 11 is 0. The molecule has 0 aliphatic heterocycles. The molecule has 96 valence electrons. The number of aromatic amines is 1. The van der Waals surface area contributed by atoms with Gasteiger partial charge in [0.05, 0.1) is 6.54 Å². The summed E-state index contributed by atoms with van der Waals surface area (Å²) in [6.07, 6.45) is 3.96. The van der Waals surface area contributed by atoms with E-state index in [1.165, 1.54) is 0 Å². The van der Waals surface area contributed by atoms with E-state index in [0.717, 1.165) is 5.82 Å². The van der Waals surface area contributed by atoms with Gasteiger partial charge >= 0.3 is 0 Å². The number of imidazole rings is 1. The molecule has 0 unspecified atom stereocenters. The van der Waals surface area contributed by atoms with Crippen molar-refractivity contribution in [3.05, 3.63) is 18.2 Å². The monoisotopic (exact) mass is 238 g/mol. The maximum Gasteiger partial charge on any atom is 0.223 e. The number of rotatable bonds is 5. The topological polar surface area (TPSA) is 61.0 Å². The maximum absolute atomic E-state index is 11.8. The number of carbonyl (C=O) groups excluding carboxylic acids is 1. The fourth-order valence-electron chi connectivity index (χ4n) is 1.43. The molecule has 0 aliphatic carbocycles. The first-order valence-corrected chi connectivity index (χ1v) is 5.86. The third kappa shape index (κ3) is 5.49. The summed E-state index contributed by atoms with van der Waals surface area (Å²) in [5, 5.41) is 3.30. The van der Waals surface area contributed by atoms with E-state index < -0.39 is 0 Å². The summed E-state index contributed by atoms with van der Waals surface area (Å²) in [4.78, 5) is 20.6. The van der Waals surface area contributed by atoms with Crippen LogP contribution in [0.1, 0.15) is 33.0 Å². The minimum absolute atomic E-state index is 0.0554. The minimum Gasteiger partial charge on any atom is -0.347 e. The zero-order valence-corrected chi connectivity index (χ0v) is 11.1. The normalized spacial score (nSPS) is 11.5. The van der Waals surface area contributed by atoms with E-state index in [1.54, 1.807) is 24.3 Å². The molecule has 0 radical (unpaired) electrons. The molecule has 5 heteroatoms. The molecule has 0 bridgehead atoms. The van der Waals surface area contributed by atoms with Gasteiger partial charge in [-0.2, -0.15) is 0 Å². The minimum atomic E-state index is 0.0554. The molecule has 2 N–H and O–H groups in total. The van der Waals surface area contributed by atoms with E-state index in [1.807, 2.05) is 0 Å². The SMILES string of the molecule is CN(Cc1ncc[nH]1)C(=O)CCNC(C)(C)C. The Morgan fingerprint density at radius 2 is 2.24 bits per heavy atom. The Balaban J connectivity index is 2.28. The van der Waals surface area contributed by atoms with Crippen molar-refractivity contribution in [2.45, 2.75) is 39.3 Å². The summed E-state index contributed by atoms with van der Waals surface area (Å²) in [7, 11) is 1.79. The van der Waals surface area contributed by atoms with Gasteiger partial charge in [0.2, 0.25) is 5.91 Å². The van der Waals surface area contributed by atoms with Gasteiger partial charge in [-0.1, -0.05) is 0 Å². The lowest BCUT2D eigenvalue weighted by atomic mass is 10.1. The first kappa shape index (κ1) is 13.7. The average Bonchev–Trinajstić information content (AvgIpc) is 2.68. The third-order valence-electron chi connectivity index (χ3n) is 2.36. The molecule has 1 heterocycles. The van der Waals surface area contributed by atoms with Crippen molar-refractivity contribution < 1.29 is 4.79 Å². The number of H-pyrrole nitrogens is 1. The van der Waals surface area contributed by atoms with E-state index >= 15 is 0 Å². The van der Waals surface area contributed by atoms with Crippen LogP contribution in [0.15, 0.2) is 12.4 Å². The first-order valence-electron chi connectivity index (χ1n) is 5.86. The molecule has 1 amide bonds. The summed E-state index contributed by atoms with van der Waals surface area (Å²) in [6.45, 7) is 7.49. The molecular formula is C12H22N4O. The molecular weight excluding hydrogens is 216 g/mol. The molecule has 17 heavy (non-hydrogen) atoms. The predicted octanol–water partition coefficient (Wildman–Crippen LogP) is 1.15. The highest BCUT2D eigenvalue weighted by atomic mass is 16.2. The second kappa shape index (κ2) is 5.82.